The molecule has 0 fully saturated rings. The molecule has 0 radical (unpaired) electrons. The van der Waals surface area contributed by atoms with Gasteiger partial charge < -0.3 is 0 Å². The number of hydrogen-bond acceptors (Lipinski definition) is 0. The molecule has 4 heteroatoms. The summed E-state index contributed by atoms with van der Waals surface area (Å²) in [5, 5.41) is 0. The van der Waals surface area contributed by atoms with E-state index in [0.717, 1.165) is 0 Å². The molecule has 0 saturated heterocycles. The van der Waals surface area contributed by atoms with Gasteiger partial charge in [-0.25, -0.2) is 0 Å². The van der Waals surface area contributed by atoms with Crippen LogP contribution in [0.25, 0.3) is 0 Å². The van der Waals surface area contributed by atoms with Crippen molar-refractivity contribution in [2.45, 2.75) is 0 Å². The van der Waals surface area contributed by atoms with Gasteiger partial charge in [-0.2, -0.15) is 0 Å². The van der Waals surface area contributed by atoms with Crippen LogP contribution in [-0.2, 0) is 16.5 Å². The average Bonchev–Trinajstić information content (AvgIpc) is 0. The van der Waals surface area contributed by atoms with E-state index in [2.05, 4.69) is 0 Å². The summed E-state index contributed by atoms with van der Waals surface area (Å²) in [6.07, 6.45) is 0. The quantitative estimate of drug-likeness (QED) is 0.306. The smallest absolute Gasteiger partial charge is 0 e. The largest absolute Gasteiger partial charge is 0.316 e. The fourth-order valence-corrected chi connectivity index (χ4v) is 0. The van der Waals surface area contributed by atoms with Crippen LogP contribution in [0.5, 0.6) is 0 Å². The molecule has 0 saturated carbocycles. The molecule has 0 aliphatic carbocycles. The molecule has 0 heterocycles. The predicted molar refractivity (Wildman–Crippen MR) is 25.6 cm³/mol. The van der Waals surface area contributed by atoms with Crippen molar-refractivity contribution in [3.63, 3.8) is 0 Å². The molecule has 4 heavy (non-hydrogen) atoms. The van der Waals surface area contributed by atoms with Gasteiger partial charge in [0.25, 0.3) is 0 Å². The van der Waals surface area contributed by atoms with Crippen LogP contribution in [0.15, 0.2) is 0 Å². The van der Waals surface area contributed by atoms with E-state index in [1.54, 1.807) is 0 Å². The van der Waals surface area contributed by atoms with Crippen LogP contribution in [0.1, 0.15) is 0 Å². The summed E-state index contributed by atoms with van der Waals surface area (Å²) >= 11 is 0. The second-order valence-corrected chi connectivity index (χ2v) is 0. The van der Waals surface area contributed by atoms with E-state index in [-0.39, 0.29) is 75.8 Å². The van der Waals surface area contributed by atoms with Crippen LogP contribution >= 0.6 is 0 Å². The maximum Gasteiger partial charge on any atom is 0.316 e. The second-order valence-electron chi connectivity index (χ2n) is 0. The Balaban J connectivity index is 0. The summed E-state index contributed by atoms with van der Waals surface area (Å²) < 4.78 is 0. The van der Waals surface area contributed by atoms with E-state index in [1.807, 2.05) is 0 Å². The zero-order chi connectivity index (χ0) is 0. The fourth-order valence-electron chi connectivity index (χ4n) is 0. The molecule has 0 spiro atoms. The topological polar surface area (TPSA) is 0 Å². The van der Waals surface area contributed by atoms with Crippen LogP contribution in [-0.4, -0.2) is 59.3 Å². The van der Waals surface area contributed by atoms with Crippen LogP contribution in [0, 0.1) is 0 Å². The Morgan fingerprint density at radius 2 is 1.00 bits per heavy atom. The third-order valence-corrected chi connectivity index (χ3v) is 0. The van der Waals surface area contributed by atoms with E-state index in [1.165, 1.54) is 0 Å². The predicted octanol–water partition coefficient (Wildman–Crippen LogP) is -2.75. The SMILES string of the molecule is [AlH3].[LiH].[MgH2].[Ni]. The van der Waals surface area contributed by atoms with E-state index in [0.29, 0.717) is 0 Å². The fraction of sp³-hybridized carbons (Fsp3) is 0. The van der Waals surface area contributed by atoms with E-state index in [9.17, 15) is 0 Å². The van der Waals surface area contributed by atoms with Gasteiger partial charge in [-0.3, -0.25) is 0 Å². The molecule has 0 aliphatic rings. The maximum atomic E-state index is 0. The van der Waals surface area contributed by atoms with Gasteiger partial charge in [0.15, 0.2) is 17.4 Å². The van der Waals surface area contributed by atoms with Crippen molar-refractivity contribution in [2.24, 2.45) is 0 Å². The monoisotopic (exact) mass is 122 g/mol. The first-order valence-corrected chi connectivity index (χ1v) is 0. The van der Waals surface area contributed by atoms with Crippen LogP contribution in [0.2, 0.25) is 0 Å². The van der Waals surface area contributed by atoms with E-state index >= 15 is 0 Å². The van der Waals surface area contributed by atoms with Gasteiger partial charge in [0, 0.05) is 16.5 Å². The molecule has 0 unspecified atom stereocenters. The molecule has 0 bridgehead atoms. The Bertz CT molecular complexity index is 8.00. The minimum atomic E-state index is 0. The molecule has 0 aromatic rings. The molecule has 0 nitrogen and oxygen atoms in total. The second kappa shape index (κ2) is 18.2. The summed E-state index contributed by atoms with van der Waals surface area (Å²) in [6.45, 7) is 0. The van der Waals surface area contributed by atoms with Gasteiger partial charge in [-0.15, -0.1) is 0 Å². The standard InChI is InChI=1S/Al.Li.Mg.Ni.6H. The zero-order valence-corrected chi connectivity index (χ0v) is 1.30. The minimum absolute atomic E-state index is 0. The summed E-state index contributed by atoms with van der Waals surface area (Å²) in [6, 6.07) is 0. The first-order valence-electron chi connectivity index (χ1n) is 0. The van der Waals surface area contributed by atoms with Gasteiger partial charge >= 0.3 is 41.9 Å². The van der Waals surface area contributed by atoms with Crippen molar-refractivity contribution in [1.82, 2.24) is 0 Å². The summed E-state index contributed by atoms with van der Waals surface area (Å²) in [4.78, 5) is 0. The molecule has 22 valence electrons. The van der Waals surface area contributed by atoms with Crippen molar-refractivity contribution < 1.29 is 16.5 Å². The minimum Gasteiger partial charge on any atom is 0 e. The molecule has 0 N–H and O–H groups in total. The van der Waals surface area contributed by atoms with Crippen LogP contribution in [0.4, 0.5) is 0 Å². The molecule has 0 aromatic heterocycles. The third-order valence-electron chi connectivity index (χ3n) is 0. The Morgan fingerprint density at radius 1 is 1.00 bits per heavy atom. The van der Waals surface area contributed by atoms with Gasteiger partial charge in [-0.1, -0.05) is 0 Å². The van der Waals surface area contributed by atoms with E-state index < -0.39 is 0 Å². The molecule has 0 aliphatic heterocycles. The van der Waals surface area contributed by atoms with Crippen LogP contribution < -0.4 is 0 Å². The molecule has 0 rings (SSSR count). The molecular weight excluding hydrogens is 117 g/mol. The summed E-state index contributed by atoms with van der Waals surface area (Å²) in [5.41, 5.74) is 0. The van der Waals surface area contributed by atoms with Crippen molar-refractivity contribution in [3.05, 3.63) is 0 Å². The molecular formula is H6AlLiMgNi. The van der Waals surface area contributed by atoms with Gasteiger partial charge in [0.05, 0.1) is 0 Å². The van der Waals surface area contributed by atoms with Gasteiger partial charge in [-0.05, 0) is 0 Å². The van der Waals surface area contributed by atoms with Crippen molar-refractivity contribution in [2.75, 3.05) is 0 Å². The number of rotatable bonds is 0. The third kappa shape index (κ3) is 8.83. The zero-order valence-electron chi connectivity index (χ0n) is 0.316. The summed E-state index contributed by atoms with van der Waals surface area (Å²) in [5.74, 6) is 0. The average molecular weight is 123 g/mol. The maximum absolute atomic E-state index is 0. The van der Waals surface area contributed by atoms with Crippen molar-refractivity contribution in [3.8, 4) is 0 Å². The van der Waals surface area contributed by atoms with Gasteiger partial charge in [0.2, 0.25) is 0 Å². The molecule has 0 atom stereocenters. The van der Waals surface area contributed by atoms with Gasteiger partial charge in [0.1, 0.15) is 0 Å². The summed E-state index contributed by atoms with van der Waals surface area (Å²) in [7, 11) is 0. The first-order chi connectivity index (χ1) is 0. The first kappa shape index (κ1) is 32.5. The Labute approximate surface area is 74.9 Å². The molecule has 0 amide bonds. The van der Waals surface area contributed by atoms with Crippen molar-refractivity contribution >= 4 is 59.3 Å². The van der Waals surface area contributed by atoms with Crippen molar-refractivity contribution in [1.29, 1.82) is 0 Å². The number of hydrogen-bond donors (Lipinski definition) is 0. The van der Waals surface area contributed by atoms with E-state index in [4.69, 9.17) is 0 Å². The Kier molecular flexibility index (Phi) is 148. The Hall–Kier alpha value is 2.39. The Morgan fingerprint density at radius 3 is 1.00 bits per heavy atom. The van der Waals surface area contributed by atoms with Crippen LogP contribution in [0.3, 0.4) is 0 Å². The molecule has 0 aromatic carbocycles. The normalized spacial score (nSPS) is 0.